The average molecular weight is 353 g/mol. The summed E-state index contributed by atoms with van der Waals surface area (Å²) in [6.45, 7) is -1.79. The van der Waals surface area contributed by atoms with E-state index in [-0.39, 0.29) is 11.3 Å². The summed E-state index contributed by atoms with van der Waals surface area (Å²) in [4.78, 5) is 24.1. The van der Waals surface area contributed by atoms with E-state index in [9.17, 15) is 22.8 Å². The van der Waals surface area contributed by atoms with Gasteiger partial charge in [-0.1, -0.05) is 12.1 Å². The lowest BCUT2D eigenvalue weighted by Gasteiger charge is -2.15. The number of hydrogen-bond acceptors (Lipinski definition) is 4. The third kappa shape index (κ3) is 5.23. The van der Waals surface area contributed by atoms with Gasteiger partial charge in [0.1, 0.15) is 17.1 Å². The second-order valence-electron chi connectivity index (χ2n) is 4.92. The highest BCUT2D eigenvalue weighted by Crippen LogP contribution is 2.21. The quantitative estimate of drug-likeness (QED) is 0.806. The number of rotatable bonds is 6. The Hall–Kier alpha value is -3.03. The fourth-order valence-electron chi connectivity index (χ4n) is 1.89. The molecular formula is C17H14F3NO4. The van der Waals surface area contributed by atoms with Gasteiger partial charge in [-0.25, -0.2) is 9.18 Å². The van der Waals surface area contributed by atoms with Crippen LogP contribution in [0.1, 0.15) is 17.3 Å². The van der Waals surface area contributed by atoms with Gasteiger partial charge in [-0.15, -0.1) is 0 Å². The van der Waals surface area contributed by atoms with Crippen LogP contribution >= 0.6 is 0 Å². The van der Waals surface area contributed by atoms with Crippen LogP contribution < -0.4 is 10.1 Å². The first kappa shape index (κ1) is 18.3. The molecule has 0 aliphatic carbocycles. The van der Waals surface area contributed by atoms with Crippen LogP contribution in [0.25, 0.3) is 0 Å². The van der Waals surface area contributed by atoms with E-state index < -0.39 is 30.4 Å². The Bertz CT molecular complexity index is 750. The van der Waals surface area contributed by atoms with Crippen molar-refractivity contribution >= 4 is 17.6 Å². The van der Waals surface area contributed by atoms with Crippen molar-refractivity contribution in [3.63, 3.8) is 0 Å². The number of carbonyl (C=O) groups is 2. The van der Waals surface area contributed by atoms with Crippen LogP contribution in [-0.4, -0.2) is 24.6 Å². The maximum atomic E-state index is 12.8. The Morgan fingerprint density at radius 1 is 1.04 bits per heavy atom. The normalized spacial score (nSPS) is 11.7. The number of amides is 1. The van der Waals surface area contributed by atoms with Crippen LogP contribution in [-0.2, 0) is 9.53 Å². The fraction of sp³-hybridized carbons (Fsp3) is 0.176. The van der Waals surface area contributed by atoms with Crippen molar-refractivity contribution in [2.45, 2.75) is 19.6 Å². The monoisotopic (exact) mass is 353 g/mol. The number of nitrogens with one attached hydrogen (secondary N) is 1. The Labute approximate surface area is 141 Å². The van der Waals surface area contributed by atoms with Crippen LogP contribution in [0.3, 0.4) is 0 Å². The van der Waals surface area contributed by atoms with Gasteiger partial charge in [0, 0.05) is 5.69 Å². The molecule has 132 valence electrons. The molecule has 0 bridgehead atoms. The van der Waals surface area contributed by atoms with E-state index in [4.69, 9.17) is 4.74 Å². The first-order valence-corrected chi connectivity index (χ1v) is 7.18. The number of halogens is 3. The van der Waals surface area contributed by atoms with Gasteiger partial charge in [-0.05, 0) is 43.3 Å². The van der Waals surface area contributed by atoms with Crippen molar-refractivity contribution < 1.29 is 32.2 Å². The highest BCUT2D eigenvalue weighted by molar-refractivity contribution is 5.98. The molecular weight excluding hydrogens is 339 g/mol. The van der Waals surface area contributed by atoms with E-state index in [1.165, 1.54) is 43.3 Å². The maximum absolute atomic E-state index is 12.8. The van der Waals surface area contributed by atoms with Crippen molar-refractivity contribution in [3.8, 4) is 5.75 Å². The van der Waals surface area contributed by atoms with Gasteiger partial charge in [-0.3, -0.25) is 4.79 Å². The van der Waals surface area contributed by atoms with Crippen LogP contribution in [0, 0.1) is 5.82 Å². The van der Waals surface area contributed by atoms with Crippen LogP contribution in [0.2, 0.25) is 0 Å². The number of carbonyl (C=O) groups excluding carboxylic acids is 2. The van der Waals surface area contributed by atoms with Crippen molar-refractivity contribution in [2.24, 2.45) is 0 Å². The molecule has 0 aliphatic rings. The molecule has 0 aromatic heterocycles. The Balaban J connectivity index is 2.02. The van der Waals surface area contributed by atoms with Gasteiger partial charge in [0.25, 0.3) is 5.91 Å². The summed E-state index contributed by atoms with van der Waals surface area (Å²) < 4.78 is 46.8. The van der Waals surface area contributed by atoms with Gasteiger partial charge in [-0.2, -0.15) is 8.78 Å². The molecule has 0 radical (unpaired) electrons. The van der Waals surface area contributed by atoms with Gasteiger partial charge >= 0.3 is 12.6 Å². The highest BCUT2D eigenvalue weighted by Gasteiger charge is 2.22. The third-order valence-corrected chi connectivity index (χ3v) is 3.09. The molecule has 1 amide bonds. The summed E-state index contributed by atoms with van der Waals surface area (Å²) in [5.41, 5.74) is 0.0833. The molecule has 2 aromatic rings. The molecule has 8 heteroatoms. The van der Waals surface area contributed by atoms with Gasteiger partial charge in [0.2, 0.25) is 0 Å². The molecule has 0 aliphatic heterocycles. The first-order chi connectivity index (χ1) is 11.9. The standard InChI is InChI=1S/C17H14F3NO4/c1-10(15(22)21-12-8-6-11(18)7-9-12)24-16(23)13-4-2-3-5-14(13)25-17(19)20/h2-10,17H,1H3,(H,21,22)/t10-/m0/s1. The van der Waals surface area contributed by atoms with Crippen LogP contribution in [0.15, 0.2) is 48.5 Å². The molecule has 5 nitrogen and oxygen atoms in total. The van der Waals surface area contributed by atoms with E-state index in [2.05, 4.69) is 10.1 Å². The second-order valence-corrected chi connectivity index (χ2v) is 4.92. The fourth-order valence-corrected chi connectivity index (χ4v) is 1.89. The summed E-state index contributed by atoms with van der Waals surface area (Å²) in [5, 5.41) is 2.44. The van der Waals surface area contributed by atoms with Crippen molar-refractivity contribution in [2.75, 3.05) is 5.32 Å². The number of esters is 1. The largest absolute Gasteiger partial charge is 0.449 e. The minimum Gasteiger partial charge on any atom is -0.449 e. The zero-order valence-corrected chi connectivity index (χ0v) is 13.0. The van der Waals surface area contributed by atoms with Gasteiger partial charge < -0.3 is 14.8 Å². The minimum absolute atomic E-state index is 0.232. The zero-order valence-electron chi connectivity index (χ0n) is 13.0. The molecule has 25 heavy (non-hydrogen) atoms. The topological polar surface area (TPSA) is 64.6 Å². The molecule has 0 saturated heterocycles. The van der Waals surface area contributed by atoms with E-state index in [1.54, 1.807) is 0 Å². The number of benzene rings is 2. The minimum atomic E-state index is -3.10. The van der Waals surface area contributed by atoms with Crippen LogP contribution in [0.4, 0.5) is 18.9 Å². The number of alkyl halides is 2. The zero-order chi connectivity index (χ0) is 18.4. The lowest BCUT2D eigenvalue weighted by Crippen LogP contribution is -2.30. The third-order valence-electron chi connectivity index (χ3n) is 3.09. The molecule has 0 heterocycles. The predicted molar refractivity (Wildman–Crippen MR) is 83.0 cm³/mol. The molecule has 2 aromatic carbocycles. The summed E-state index contributed by atoms with van der Waals surface area (Å²) in [7, 11) is 0. The molecule has 0 saturated carbocycles. The van der Waals surface area contributed by atoms with E-state index in [0.717, 1.165) is 12.1 Å². The number of para-hydroxylation sites is 1. The second kappa shape index (κ2) is 8.18. The highest BCUT2D eigenvalue weighted by atomic mass is 19.3. The van der Waals surface area contributed by atoms with Crippen molar-refractivity contribution in [3.05, 3.63) is 59.9 Å². The van der Waals surface area contributed by atoms with E-state index in [0.29, 0.717) is 5.69 Å². The van der Waals surface area contributed by atoms with Crippen molar-refractivity contribution in [1.29, 1.82) is 0 Å². The lowest BCUT2D eigenvalue weighted by atomic mass is 10.2. The Kier molecular flexibility index (Phi) is 5.99. The molecule has 2 rings (SSSR count). The van der Waals surface area contributed by atoms with Gasteiger partial charge in [0.05, 0.1) is 0 Å². The van der Waals surface area contributed by atoms with Crippen molar-refractivity contribution in [1.82, 2.24) is 0 Å². The van der Waals surface area contributed by atoms with Gasteiger partial charge in [0.15, 0.2) is 6.10 Å². The summed E-state index contributed by atoms with van der Waals surface area (Å²) in [6.07, 6.45) is -1.21. The Morgan fingerprint density at radius 2 is 1.68 bits per heavy atom. The SMILES string of the molecule is C[C@H](OC(=O)c1ccccc1OC(F)F)C(=O)Nc1ccc(F)cc1. The number of ether oxygens (including phenoxy) is 2. The molecule has 1 N–H and O–H groups in total. The number of hydrogen-bond donors (Lipinski definition) is 1. The lowest BCUT2D eigenvalue weighted by molar-refractivity contribution is -0.123. The summed E-state index contributed by atoms with van der Waals surface area (Å²) in [5.74, 6) is -2.47. The van der Waals surface area contributed by atoms with E-state index >= 15 is 0 Å². The molecule has 0 spiro atoms. The smallest absolute Gasteiger partial charge is 0.387 e. The molecule has 0 unspecified atom stereocenters. The predicted octanol–water partition coefficient (Wildman–Crippen LogP) is 3.61. The molecule has 0 fully saturated rings. The van der Waals surface area contributed by atoms with Crippen LogP contribution in [0.5, 0.6) is 5.75 Å². The molecule has 1 atom stereocenters. The summed E-state index contributed by atoms with van der Waals surface area (Å²) in [6, 6.07) is 10.3. The maximum Gasteiger partial charge on any atom is 0.387 e. The van der Waals surface area contributed by atoms with E-state index in [1.807, 2.05) is 0 Å². The number of anilines is 1. The Morgan fingerprint density at radius 3 is 2.32 bits per heavy atom. The average Bonchev–Trinajstić information content (AvgIpc) is 2.56. The first-order valence-electron chi connectivity index (χ1n) is 7.18. The summed E-state index contributed by atoms with van der Waals surface area (Å²) >= 11 is 0.